The van der Waals surface area contributed by atoms with Gasteiger partial charge < -0.3 is 4.74 Å². The Balaban J connectivity index is 2.16. The quantitative estimate of drug-likeness (QED) is 0.564. The SMILES string of the molecule is O=COCCn1nccc1-c1ccccc1. The summed E-state index contributed by atoms with van der Waals surface area (Å²) in [6.45, 7) is 1.35. The number of rotatable bonds is 5. The van der Waals surface area contributed by atoms with Crippen molar-refractivity contribution in [3.05, 3.63) is 42.6 Å². The van der Waals surface area contributed by atoms with Gasteiger partial charge >= 0.3 is 0 Å². The fraction of sp³-hybridized carbons (Fsp3) is 0.167. The Morgan fingerprint density at radius 2 is 2.06 bits per heavy atom. The van der Waals surface area contributed by atoms with Gasteiger partial charge in [0.1, 0.15) is 6.61 Å². The van der Waals surface area contributed by atoms with Gasteiger partial charge in [-0.05, 0) is 11.6 Å². The van der Waals surface area contributed by atoms with Crippen molar-refractivity contribution in [2.45, 2.75) is 6.54 Å². The molecule has 1 heterocycles. The Labute approximate surface area is 93.5 Å². The molecule has 82 valence electrons. The molecule has 0 N–H and O–H groups in total. The molecule has 1 aromatic carbocycles. The van der Waals surface area contributed by atoms with Crippen LogP contribution in [0.4, 0.5) is 0 Å². The Bertz CT molecular complexity index is 451. The van der Waals surface area contributed by atoms with E-state index in [9.17, 15) is 4.79 Å². The molecular weight excluding hydrogens is 204 g/mol. The third kappa shape index (κ3) is 2.28. The molecule has 1 aromatic heterocycles. The summed E-state index contributed by atoms with van der Waals surface area (Å²) in [6, 6.07) is 11.9. The maximum Gasteiger partial charge on any atom is 0.293 e. The van der Waals surface area contributed by atoms with Crippen molar-refractivity contribution in [3.63, 3.8) is 0 Å². The minimum absolute atomic E-state index is 0.338. The number of hydrogen-bond donors (Lipinski definition) is 0. The van der Waals surface area contributed by atoms with Gasteiger partial charge in [0.2, 0.25) is 0 Å². The van der Waals surface area contributed by atoms with Crippen molar-refractivity contribution < 1.29 is 9.53 Å². The molecule has 4 heteroatoms. The summed E-state index contributed by atoms with van der Waals surface area (Å²) in [7, 11) is 0. The van der Waals surface area contributed by atoms with Gasteiger partial charge in [0.05, 0.1) is 12.2 Å². The highest BCUT2D eigenvalue weighted by molar-refractivity contribution is 5.58. The highest BCUT2D eigenvalue weighted by Gasteiger charge is 2.03. The molecule has 0 spiro atoms. The number of benzene rings is 1. The van der Waals surface area contributed by atoms with E-state index in [1.54, 1.807) is 6.20 Å². The van der Waals surface area contributed by atoms with Gasteiger partial charge in [-0.1, -0.05) is 30.3 Å². The van der Waals surface area contributed by atoms with E-state index in [4.69, 9.17) is 0 Å². The predicted octanol–water partition coefficient (Wildman–Crippen LogP) is 1.72. The molecule has 0 aliphatic carbocycles. The van der Waals surface area contributed by atoms with Crippen LogP contribution < -0.4 is 0 Å². The largest absolute Gasteiger partial charge is 0.466 e. The lowest BCUT2D eigenvalue weighted by molar-refractivity contribution is -0.128. The maximum atomic E-state index is 10.0. The van der Waals surface area contributed by atoms with E-state index in [0.717, 1.165) is 11.3 Å². The van der Waals surface area contributed by atoms with Gasteiger partial charge in [0.15, 0.2) is 0 Å². The molecule has 0 atom stereocenters. The van der Waals surface area contributed by atoms with Crippen molar-refractivity contribution in [2.75, 3.05) is 6.61 Å². The first-order valence-electron chi connectivity index (χ1n) is 5.04. The van der Waals surface area contributed by atoms with Crippen LogP contribution in [0.5, 0.6) is 0 Å². The summed E-state index contributed by atoms with van der Waals surface area (Å²) in [4.78, 5) is 10.0. The van der Waals surface area contributed by atoms with Gasteiger partial charge in [0.25, 0.3) is 6.47 Å². The van der Waals surface area contributed by atoms with Crippen LogP contribution in [-0.4, -0.2) is 22.9 Å². The number of hydrogen-bond acceptors (Lipinski definition) is 3. The predicted molar refractivity (Wildman–Crippen MR) is 59.7 cm³/mol. The van der Waals surface area contributed by atoms with Gasteiger partial charge in [0, 0.05) is 6.20 Å². The van der Waals surface area contributed by atoms with Crippen LogP contribution in [0.3, 0.4) is 0 Å². The molecule has 0 amide bonds. The van der Waals surface area contributed by atoms with Gasteiger partial charge in [-0.25, -0.2) is 0 Å². The average Bonchev–Trinajstić information content (AvgIpc) is 2.79. The smallest absolute Gasteiger partial charge is 0.293 e. The minimum Gasteiger partial charge on any atom is -0.466 e. The molecule has 0 aliphatic rings. The summed E-state index contributed by atoms with van der Waals surface area (Å²) in [6.07, 6.45) is 1.74. The number of nitrogens with zero attached hydrogens (tertiary/aromatic N) is 2. The van der Waals surface area contributed by atoms with Crippen LogP contribution in [0.15, 0.2) is 42.6 Å². The summed E-state index contributed by atoms with van der Waals surface area (Å²) in [5.41, 5.74) is 2.13. The van der Waals surface area contributed by atoms with Crippen molar-refractivity contribution in [3.8, 4) is 11.3 Å². The lowest BCUT2D eigenvalue weighted by Gasteiger charge is -2.06. The standard InChI is InChI=1S/C12H12N2O2/c15-10-16-9-8-14-12(6-7-13-14)11-4-2-1-3-5-11/h1-7,10H,8-9H2. The molecule has 0 fully saturated rings. The molecule has 4 nitrogen and oxygen atoms in total. The second-order valence-corrected chi connectivity index (χ2v) is 3.27. The molecule has 0 radical (unpaired) electrons. The summed E-state index contributed by atoms with van der Waals surface area (Å²) in [5, 5.41) is 4.19. The summed E-state index contributed by atoms with van der Waals surface area (Å²) < 4.78 is 6.47. The molecule has 2 aromatic rings. The molecule has 0 saturated carbocycles. The summed E-state index contributed by atoms with van der Waals surface area (Å²) in [5.74, 6) is 0. The second-order valence-electron chi connectivity index (χ2n) is 3.27. The maximum absolute atomic E-state index is 10.0. The molecule has 0 bridgehead atoms. The molecular formula is C12H12N2O2. The third-order valence-corrected chi connectivity index (χ3v) is 2.28. The van der Waals surface area contributed by atoms with Crippen molar-refractivity contribution in [2.24, 2.45) is 0 Å². The van der Waals surface area contributed by atoms with Gasteiger partial charge in [-0.2, -0.15) is 5.10 Å². The fourth-order valence-electron chi connectivity index (χ4n) is 1.55. The minimum atomic E-state index is 0.338. The molecule has 16 heavy (non-hydrogen) atoms. The Morgan fingerprint density at radius 3 is 2.81 bits per heavy atom. The monoisotopic (exact) mass is 216 g/mol. The zero-order chi connectivity index (χ0) is 11.2. The molecule has 0 saturated heterocycles. The number of aromatic nitrogens is 2. The first kappa shape index (κ1) is 10.4. The zero-order valence-corrected chi connectivity index (χ0v) is 8.74. The Morgan fingerprint density at radius 1 is 1.25 bits per heavy atom. The average molecular weight is 216 g/mol. The Kier molecular flexibility index (Phi) is 3.33. The highest BCUT2D eigenvalue weighted by Crippen LogP contribution is 2.17. The van der Waals surface area contributed by atoms with E-state index in [-0.39, 0.29) is 0 Å². The van der Waals surface area contributed by atoms with Crippen LogP contribution in [0.1, 0.15) is 0 Å². The first-order chi connectivity index (χ1) is 7.92. The lowest BCUT2D eigenvalue weighted by Crippen LogP contribution is -2.07. The van der Waals surface area contributed by atoms with E-state index in [1.807, 2.05) is 41.1 Å². The van der Waals surface area contributed by atoms with Crippen LogP contribution in [0.25, 0.3) is 11.3 Å². The van der Waals surface area contributed by atoms with E-state index < -0.39 is 0 Å². The normalized spacial score (nSPS) is 10.0. The number of carbonyl (C=O) groups is 1. The topological polar surface area (TPSA) is 44.1 Å². The fourth-order valence-corrected chi connectivity index (χ4v) is 1.55. The van der Waals surface area contributed by atoms with Crippen molar-refractivity contribution in [1.82, 2.24) is 9.78 Å². The third-order valence-electron chi connectivity index (χ3n) is 2.28. The van der Waals surface area contributed by atoms with Gasteiger partial charge in [-0.15, -0.1) is 0 Å². The zero-order valence-electron chi connectivity index (χ0n) is 8.74. The number of ether oxygens (including phenoxy) is 1. The van der Waals surface area contributed by atoms with E-state index in [1.165, 1.54) is 0 Å². The first-order valence-corrected chi connectivity index (χ1v) is 5.04. The highest BCUT2D eigenvalue weighted by atomic mass is 16.5. The molecule has 0 unspecified atom stereocenters. The van der Waals surface area contributed by atoms with Gasteiger partial charge in [-0.3, -0.25) is 9.48 Å². The molecule has 0 aliphatic heterocycles. The number of carbonyl (C=O) groups excluding carboxylic acids is 1. The Hall–Kier alpha value is -2.10. The van der Waals surface area contributed by atoms with Crippen molar-refractivity contribution >= 4 is 6.47 Å². The van der Waals surface area contributed by atoms with E-state index >= 15 is 0 Å². The van der Waals surface area contributed by atoms with Crippen LogP contribution in [0.2, 0.25) is 0 Å². The molecule has 2 rings (SSSR count). The summed E-state index contributed by atoms with van der Waals surface area (Å²) >= 11 is 0. The second kappa shape index (κ2) is 5.11. The van der Waals surface area contributed by atoms with Crippen LogP contribution in [-0.2, 0) is 16.1 Å². The lowest BCUT2D eigenvalue weighted by atomic mass is 10.1. The van der Waals surface area contributed by atoms with Crippen LogP contribution in [0, 0.1) is 0 Å². The van der Waals surface area contributed by atoms with Crippen molar-refractivity contribution in [1.29, 1.82) is 0 Å². The van der Waals surface area contributed by atoms with E-state index in [2.05, 4.69) is 9.84 Å². The van der Waals surface area contributed by atoms with Crippen LogP contribution >= 0.6 is 0 Å². The van der Waals surface area contributed by atoms with E-state index in [0.29, 0.717) is 19.6 Å².